The highest BCUT2D eigenvalue weighted by molar-refractivity contribution is 5.81. The first-order valence-electron chi connectivity index (χ1n) is 7.03. The number of rotatable bonds is 2. The number of methoxy groups -OCH3 is 1. The molecule has 4 aromatic rings. The lowest BCUT2D eigenvalue weighted by Crippen LogP contribution is -1.97. The van der Waals surface area contributed by atoms with Crippen LogP contribution in [0.25, 0.3) is 28.1 Å². The molecule has 0 bridgehead atoms. The summed E-state index contributed by atoms with van der Waals surface area (Å²) in [6.45, 7) is 1.95. The molecule has 0 spiro atoms. The molecule has 0 radical (unpaired) electrons. The first kappa shape index (κ1) is 12.8. The number of aromatic nitrogens is 4. The zero-order chi connectivity index (χ0) is 15.1. The van der Waals surface area contributed by atoms with Gasteiger partial charge < -0.3 is 4.74 Å². The van der Waals surface area contributed by atoms with E-state index >= 15 is 0 Å². The third kappa shape index (κ3) is 1.83. The number of fused-ring (bicyclic) bond motifs is 3. The minimum absolute atomic E-state index is 0.782. The van der Waals surface area contributed by atoms with Crippen LogP contribution >= 0.6 is 0 Å². The van der Waals surface area contributed by atoms with Gasteiger partial charge in [-0.15, -0.1) is 10.2 Å². The average Bonchev–Trinajstić information content (AvgIpc) is 3.01. The number of benzene rings is 2. The summed E-state index contributed by atoms with van der Waals surface area (Å²) in [4.78, 5) is 4.59. The number of nitrogens with zero attached hydrogens (tertiary/aromatic N) is 4. The lowest BCUT2D eigenvalue weighted by molar-refractivity contribution is 0.415. The van der Waals surface area contributed by atoms with Crippen molar-refractivity contribution in [3.63, 3.8) is 0 Å². The predicted molar refractivity (Wildman–Crippen MR) is 85.0 cm³/mol. The second-order valence-corrected chi connectivity index (χ2v) is 5.10. The van der Waals surface area contributed by atoms with E-state index in [1.807, 2.05) is 55.5 Å². The average molecular weight is 290 g/mol. The Morgan fingerprint density at radius 1 is 0.955 bits per heavy atom. The van der Waals surface area contributed by atoms with E-state index in [2.05, 4.69) is 19.6 Å². The molecule has 0 aliphatic heterocycles. The molecular weight excluding hydrogens is 276 g/mol. The molecule has 5 nitrogen and oxygen atoms in total. The van der Waals surface area contributed by atoms with Crippen LogP contribution in [-0.2, 0) is 0 Å². The molecular formula is C17H14N4O. The van der Waals surface area contributed by atoms with E-state index in [-0.39, 0.29) is 0 Å². The Kier molecular flexibility index (Phi) is 2.79. The lowest BCUT2D eigenvalue weighted by atomic mass is 10.2. The molecule has 2 aromatic heterocycles. The Morgan fingerprint density at radius 3 is 2.50 bits per heavy atom. The van der Waals surface area contributed by atoms with E-state index in [0.29, 0.717) is 0 Å². The third-order valence-electron chi connectivity index (χ3n) is 3.75. The largest absolute Gasteiger partial charge is 0.497 e. The number of hydrogen-bond acceptors (Lipinski definition) is 4. The van der Waals surface area contributed by atoms with Crippen molar-refractivity contribution in [3.8, 4) is 17.1 Å². The lowest BCUT2D eigenvalue weighted by Gasteiger charge is -2.07. The smallest absolute Gasteiger partial charge is 0.183 e. The molecule has 0 fully saturated rings. The minimum atomic E-state index is 0.782. The third-order valence-corrected chi connectivity index (χ3v) is 3.75. The second-order valence-electron chi connectivity index (χ2n) is 5.10. The zero-order valence-electron chi connectivity index (χ0n) is 12.3. The van der Waals surface area contributed by atoms with Gasteiger partial charge in [-0.1, -0.05) is 12.1 Å². The molecule has 0 unspecified atom stereocenters. The van der Waals surface area contributed by atoms with Gasteiger partial charge in [0.05, 0.1) is 23.8 Å². The van der Waals surface area contributed by atoms with Gasteiger partial charge in [0.1, 0.15) is 5.75 Å². The predicted octanol–water partition coefficient (Wildman–Crippen LogP) is 3.26. The Morgan fingerprint density at radius 2 is 1.73 bits per heavy atom. The second kappa shape index (κ2) is 4.80. The number of para-hydroxylation sites is 2. The standard InChI is InChI=1S/C17H14N4O/c1-11-16-19-20-17(12-7-9-13(22-2)10-8-12)21(16)15-6-4-3-5-14(15)18-11/h3-10H,1-2H3. The van der Waals surface area contributed by atoms with E-state index in [1.165, 1.54) is 0 Å². The van der Waals surface area contributed by atoms with Crippen molar-refractivity contribution in [2.45, 2.75) is 6.92 Å². The summed E-state index contributed by atoms with van der Waals surface area (Å²) < 4.78 is 7.27. The summed E-state index contributed by atoms with van der Waals surface area (Å²) in [7, 11) is 1.66. The minimum Gasteiger partial charge on any atom is -0.497 e. The van der Waals surface area contributed by atoms with Crippen LogP contribution in [0.4, 0.5) is 0 Å². The Bertz CT molecular complexity index is 973. The van der Waals surface area contributed by atoms with Crippen LogP contribution < -0.4 is 4.74 Å². The molecule has 5 heteroatoms. The molecule has 4 rings (SSSR count). The first-order valence-corrected chi connectivity index (χ1v) is 7.03. The number of hydrogen-bond donors (Lipinski definition) is 0. The van der Waals surface area contributed by atoms with Crippen molar-refractivity contribution in [3.05, 3.63) is 54.2 Å². The van der Waals surface area contributed by atoms with Crippen LogP contribution in [0.3, 0.4) is 0 Å². The van der Waals surface area contributed by atoms with Crippen LogP contribution in [0.2, 0.25) is 0 Å². The summed E-state index contributed by atoms with van der Waals surface area (Å²) in [6.07, 6.45) is 0. The number of aryl methyl sites for hydroxylation is 1. The van der Waals surface area contributed by atoms with E-state index < -0.39 is 0 Å². The molecule has 0 saturated carbocycles. The van der Waals surface area contributed by atoms with E-state index in [4.69, 9.17) is 4.74 Å². The molecule has 2 aromatic carbocycles. The van der Waals surface area contributed by atoms with Gasteiger partial charge in [-0.3, -0.25) is 4.40 Å². The van der Waals surface area contributed by atoms with Gasteiger partial charge in [0, 0.05) is 5.56 Å². The van der Waals surface area contributed by atoms with Crippen molar-refractivity contribution < 1.29 is 4.74 Å². The Labute approximate surface area is 127 Å². The maximum atomic E-state index is 5.21. The maximum Gasteiger partial charge on any atom is 0.183 e. The van der Waals surface area contributed by atoms with Gasteiger partial charge >= 0.3 is 0 Å². The highest BCUT2D eigenvalue weighted by Gasteiger charge is 2.14. The fourth-order valence-corrected chi connectivity index (χ4v) is 2.65. The highest BCUT2D eigenvalue weighted by Crippen LogP contribution is 2.25. The Balaban J connectivity index is 2.05. The Hall–Kier alpha value is -2.95. The van der Waals surface area contributed by atoms with Crippen LogP contribution in [0, 0.1) is 6.92 Å². The summed E-state index contributed by atoms with van der Waals surface area (Å²) in [5, 5.41) is 8.67. The van der Waals surface area contributed by atoms with E-state index in [0.717, 1.165) is 39.5 Å². The van der Waals surface area contributed by atoms with Gasteiger partial charge in [-0.25, -0.2) is 4.98 Å². The number of ether oxygens (including phenoxy) is 1. The van der Waals surface area contributed by atoms with Gasteiger partial charge in [0.2, 0.25) is 0 Å². The van der Waals surface area contributed by atoms with E-state index in [9.17, 15) is 0 Å². The van der Waals surface area contributed by atoms with Crippen LogP contribution in [0.1, 0.15) is 5.69 Å². The van der Waals surface area contributed by atoms with Crippen LogP contribution in [-0.4, -0.2) is 26.7 Å². The maximum absolute atomic E-state index is 5.21. The zero-order valence-corrected chi connectivity index (χ0v) is 12.3. The normalized spacial score (nSPS) is 11.2. The topological polar surface area (TPSA) is 52.3 Å². The fraction of sp³-hybridized carbons (Fsp3) is 0.118. The van der Waals surface area contributed by atoms with Crippen LogP contribution in [0.5, 0.6) is 5.75 Å². The quantitative estimate of drug-likeness (QED) is 0.568. The van der Waals surface area contributed by atoms with Crippen molar-refractivity contribution >= 4 is 16.7 Å². The van der Waals surface area contributed by atoms with Gasteiger partial charge in [-0.05, 0) is 43.3 Å². The highest BCUT2D eigenvalue weighted by atomic mass is 16.5. The molecule has 22 heavy (non-hydrogen) atoms. The van der Waals surface area contributed by atoms with E-state index in [1.54, 1.807) is 7.11 Å². The van der Waals surface area contributed by atoms with Crippen molar-refractivity contribution in [2.75, 3.05) is 7.11 Å². The fourth-order valence-electron chi connectivity index (χ4n) is 2.65. The molecule has 0 saturated heterocycles. The summed E-state index contributed by atoms with van der Waals surface area (Å²) >= 11 is 0. The van der Waals surface area contributed by atoms with Gasteiger partial charge in [-0.2, -0.15) is 0 Å². The van der Waals surface area contributed by atoms with Crippen LogP contribution in [0.15, 0.2) is 48.5 Å². The van der Waals surface area contributed by atoms with Gasteiger partial charge in [0.25, 0.3) is 0 Å². The summed E-state index contributed by atoms with van der Waals surface area (Å²) in [6, 6.07) is 15.8. The monoisotopic (exact) mass is 290 g/mol. The molecule has 108 valence electrons. The van der Waals surface area contributed by atoms with Crippen molar-refractivity contribution in [1.82, 2.24) is 19.6 Å². The van der Waals surface area contributed by atoms with Crippen molar-refractivity contribution in [1.29, 1.82) is 0 Å². The molecule has 0 atom stereocenters. The van der Waals surface area contributed by atoms with Gasteiger partial charge in [0.15, 0.2) is 11.5 Å². The molecule has 0 amide bonds. The molecule has 0 aliphatic carbocycles. The molecule has 0 aliphatic rings. The summed E-state index contributed by atoms with van der Waals surface area (Å²) in [5.74, 6) is 1.62. The van der Waals surface area contributed by atoms with Crippen molar-refractivity contribution in [2.24, 2.45) is 0 Å². The molecule has 0 N–H and O–H groups in total. The molecule has 2 heterocycles. The first-order chi connectivity index (χ1) is 10.8. The summed E-state index contributed by atoms with van der Waals surface area (Å²) in [5.41, 5.74) is 4.57. The SMILES string of the molecule is COc1ccc(-c2nnc3c(C)nc4ccccc4n23)cc1.